The van der Waals surface area contributed by atoms with Gasteiger partial charge in [0.1, 0.15) is 0 Å². The number of carbonyl (C=O) groups is 2. The zero-order valence-electron chi connectivity index (χ0n) is 13.5. The van der Waals surface area contributed by atoms with Crippen molar-refractivity contribution in [3.8, 4) is 0 Å². The zero-order chi connectivity index (χ0) is 16.8. The van der Waals surface area contributed by atoms with Crippen molar-refractivity contribution in [2.75, 3.05) is 26.0 Å². The number of benzene rings is 1. The smallest absolute Gasteiger partial charge is 0.308 e. The van der Waals surface area contributed by atoms with Crippen LogP contribution in [0.5, 0.6) is 0 Å². The van der Waals surface area contributed by atoms with Gasteiger partial charge in [0.25, 0.3) is 5.91 Å². The number of hydrogen-bond donors (Lipinski definition) is 2. The molecule has 0 radical (unpaired) electrons. The van der Waals surface area contributed by atoms with E-state index in [-0.39, 0.29) is 18.4 Å². The molecule has 1 aliphatic rings. The topological polar surface area (TPSA) is 75.6 Å². The Bertz CT molecular complexity index is 570. The molecule has 1 aromatic carbocycles. The summed E-state index contributed by atoms with van der Waals surface area (Å²) >= 11 is 1.57. The first kappa shape index (κ1) is 17.8. The summed E-state index contributed by atoms with van der Waals surface area (Å²) in [5.41, 5.74) is 1.49. The lowest BCUT2D eigenvalue weighted by Gasteiger charge is -2.27. The van der Waals surface area contributed by atoms with Crippen LogP contribution in [0, 0.1) is 18.8 Å². The molecule has 1 aromatic rings. The van der Waals surface area contributed by atoms with E-state index in [1.807, 2.05) is 31.4 Å². The van der Waals surface area contributed by atoms with Crippen LogP contribution in [-0.2, 0) is 9.53 Å². The van der Waals surface area contributed by atoms with Crippen LogP contribution < -0.4 is 5.32 Å². The van der Waals surface area contributed by atoms with Crippen LogP contribution in [-0.4, -0.2) is 43.0 Å². The van der Waals surface area contributed by atoms with E-state index < -0.39 is 11.9 Å². The van der Waals surface area contributed by atoms with Crippen LogP contribution in [0.25, 0.3) is 0 Å². The molecule has 2 N–H and O–H groups in total. The van der Waals surface area contributed by atoms with Crippen molar-refractivity contribution < 1.29 is 19.4 Å². The molecule has 0 spiro atoms. The summed E-state index contributed by atoms with van der Waals surface area (Å²) in [6, 6.07) is 5.73. The Labute approximate surface area is 140 Å². The molecule has 1 saturated heterocycles. The largest absolute Gasteiger partial charge is 0.481 e. The minimum atomic E-state index is -0.855. The van der Waals surface area contributed by atoms with E-state index in [4.69, 9.17) is 4.74 Å². The number of hydrogen-bond acceptors (Lipinski definition) is 4. The second kappa shape index (κ2) is 8.36. The summed E-state index contributed by atoms with van der Waals surface area (Å²) in [6.07, 6.45) is 3.42. The van der Waals surface area contributed by atoms with Gasteiger partial charge in [-0.3, -0.25) is 9.59 Å². The van der Waals surface area contributed by atoms with Gasteiger partial charge in [-0.25, -0.2) is 0 Å². The van der Waals surface area contributed by atoms with Gasteiger partial charge >= 0.3 is 5.97 Å². The third kappa shape index (κ3) is 4.72. The average molecular weight is 337 g/mol. The summed E-state index contributed by atoms with van der Waals surface area (Å²) in [4.78, 5) is 24.9. The van der Waals surface area contributed by atoms with Crippen LogP contribution in [0.3, 0.4) is 0 Å². The van der Waals surface area contributed by atoms with Crippen LogP contribution >= 0.6 is 11.8 Å². The molecule has 0 bridgehead atoms. The van der Waals surface area contributed by atoms with Crippen molar-refractivity contribution in [2.24, 2.45) is 11.8 Å². The van der Waals surface area contributed by atoms with Crippen molar-refractivity contribution in [2.45, 2.75) is 24.7 Å². The van der Waals surface area contributed by atoms with Gasteiger partial charge in [-0.2, -0.15) is 0 Å². The van der Waals surface area contributed by atoms with E-state index in [9.17, 15) is 14.7 Å². The second-order valence-electron chi connectivity index (χ2n) is 5.79. The molecule has 1 amide bonds. The Balaban J connectivity index is 2.02. The highest BCUT2D eigenvalue weighted by molar-refractivity contribution is 7.98. The Morgan fingerprint density at radius 1 is 1.39 bits per heavy atom. The number of nitrogens with one attached hydrogen (secondary N) is 1. The van der Waals surface area contributed by atoms with Crippen molar-refractivity contribution in [1.29, 1.82) is 0 Å². The van der Waals surface area contributed by atoms with Gasteiger partial charge in [-0.05, 0) is 49.6 Å². The molecule has 0 aromatic heterocycles. The average Bonchev–Trinajstić information content (AvgIpc) is 2.56. The summed E-state index contributed by atoms with van der Waals surface area (Å²) in [5, 5.41) is 12.3. The number of rotatable bonds is 6. The SMILES string of the molecule is CSc1ccc(C)c(C(=O)NCC(C(=O)O)C2CCOCC2)c1. The number of carboxylic acid groups (broad SMARTS) is 1. The summed E-state index contributed by atoms with van der Waals surface area (Å²) < 4.78 is 5.28. The lowest BCUT2D eigenvalue weighted by atomic mass is 9.86. The Morgan fingerprint density at radius 3 is 2.70 bits per heavy atom. The number of thioether (sulfide) groups is 1. The highest BCUT2D eigenvalue weighted by atomic mass is 32.2. The maximum Gasteiger partial charge on any atom is 0.308 e. The molecular weight excluding hydrogens is 314 g/mol. The third-order valence-electron chi connectivity index (χ3n) is 4.32. The Morgan fingerprint density at radius 2 is 2.09 bits per heavy atom. The number of aryl methyl sites for hydroxylation is 1. The highest BCUT2D eigenvalue weighted by Crippen LogP contribution is 2.24. The van der Waals surface area contributed by atoms with Gasteiger partial charge < -0.3 is 15.2 Å². The monoisotopic (exact) mass is 337 g/mol. The molecule has 0 aliphatic carbocycles. The second-order valence-corrected chi connectivity index (χ2v) is 6.67. The quantitative estimate of drug-likeness (QED) is 0.780. The van der Waals surface area contributed by atoms with Crippen molar-refractivity contribution in [3.63, 3.8) is 0 Å². The van der Waals surface area contributed by atoms with Gasteiger partial charge in [0, 0.05) is 30.2 Å². The highest BCUT2D eigenvalue weighted by Gasteiger charge is 2.30. The molecule has 5 nitrogen and oxygen atoms in total. The summed E-state index contributed by atoms with van der Waals surface area (Å²) in [6.45, 7) is 3.22. The molecule has 2 rings (SSSR count). The Kier molecular flexibility index (Phi) is 6.47. The number of ether oxygens (including phenoxy) is 1. The van der Waals surface area contributed by atoms with E-state index in [1.54, 1.807) is 11.8 Å². The first-order valence-corrected chi connectivity index (χ1v) is 8.98. The van der Waals surface area contributed by atoms with Gasteiger partial charge in [0.15, 0.2) is 0 Å². The van der Waals surface area contributed by atoms with Crippen LogP contribution in [0.15, 0.2) is 23.1 Å². The lowest BCUT2D eigenvalue weighted by Crippen LogP contribution is -2.39. The van der Waals surface area contributed by atoms with E-state index in [1.165, 1.54) is 0 Å². The van der Waals surface area contributed by atoms with Crippen molar-refractivity contribution >= 4 is 23.6 Å². The predicted molar refractivity (Wildman–Crippen MR) is 90.0 cm³/mol. The molecule has 1 atom stereocenters. The van der Waals surface area contributed by atoms with Crippen molar-refractivity contribution in [1.82, 2.24) is 5.32 Å². The summed E-state index contributed by atoms with van der Waals surface area (Å²) in [5.74, 6) is -1.57. The molecule has 1 aliphatic heterocycles. The lowest BCUT2D eigenvalue weighted by molar-refractivity contribution is -0.144. The first-order chi connectivity index (χ1) is 11.0. The summed E-state index contributed by atoms with van der Waals surface area (Å²) in [7, 11) is 0. The molecule has 0 saturated carbocycles. The molecular formula is C17H23NO4S. The maximum atomic E-state index is 12.4. The van der Waals surface area contributed by atoms with E-state index in [0.717, 1.165) is 23.3 Å². The van der Waals surface area contributed by atoms with E-state index >= 15 is 0 Å². The minimum absolute atomic E-state index is 0.0557. The predicted octanol–water partition coefficient (Wildman–Crippen LogP) is 2.57. The van der Waals surface area contributed by atoms with Crippen molar-refractivity contribution in [3.05, 3.63) is 29.3 Å². The molecule has 23 heavy (non-hydrogen) atoms. The molecule has 1 fully saturated rings. The number of aliphatic carboxylic acids is 1. The normalized spacial score (nSPS) is 16.8. The van der Waals surface area contributed by atoms with Crippen LogP contribution in [0.1, 0.15) is 28.8 Å². The standard InChI is InChI=1S/C17H23NO4S/c1-11-3-4-13(23-2)9-14(11)16(19)18-10-15(17(20)21)12-5-7-22-8-6-12/h3-4,9,12,15H,5-8,10H2,1-2H3,(H,18,19)(H,20,21). The maximum absolute atomic E-state index is 12.4. The minimum Gasteiger partial charge on any atom is -0.481 e. The van der Waals surface area contributed by atoms with Gasteiger partial charge in [0.05, 0.1) is 5.92 Å². The molecule has 1 heterocycles. The van der Waals surface area contributed by atoms with Crippen LogP contribution in [0.4, 0.5) is 0 Å². The zero-order valence-corrected chi connectivity index (χ0v) is 14.3. The van der Waals surface area contributed by atoms with Crippen LogP contribution in [0.2, 0.25) is 0 Å². The first-order valence-electron chi connectivity index (χ1n) is 7.76. The molecule has 1 unspecified atom stereocenters. The number of amides is 1. The molecule has 6 heteroatoms. The van der Waals surface area contributed by atoms with Gasteiger partial charge in [-0.15, -0.1) is 11.8 Å². The third-order valence-corrected chi connectivity index (χ3v) is 5.05. The van der Waals surface area contributed by atoms with Gasteiger partial charge in [0.2, 0.25) is 0 Å². The van der Waals surface area contributed by atoms with E-state index in [0.29, 0.717) is 18.8 Å². The van der Waals surface area contributed by atoms with Gasteiger partial charge in [-0.1, -0.05) is 6.07 Å². The van der Waals surface area contributed by atoms with E-state index in [2.05, 4.69) is 5.32 Å². The fourth-order valence-corrected chi connectivity index (χ4v) is 3.28. The fraction of sp³-hybridized carbons (Fsp3) is 0.529. The molecule has 126 valence electrons. The number of carboxylic acids is 1. The fourth-order valence-electron chi connectivity index (χ4n) is 2.84. The number of carbonyl (C=O) groups excluding carboxylic acids is 1. The Hall–Kier alpha value is -1.53.